The molecule has 6 nitrogen and oxygen atoms in total. The molecule has 0 unspecified atom stereocenters. The summed E-state index contributed by atoms with van der Waals surface area (Å²) in [5, 5.41) is 11.5. The fourth-order valence-corrected chi connectivity index (χ4v) is 3.80. The number of amides is 1. The van der Waals surface area contributed by atoms with Gasteiger partial charge in [0.25, 0.3) is 5.78 Å². The summed E-state index contributed by atoms with van der Waals surface area (Å²) in [6.45, 7) is 0. The molecular weight excluding hydrogens is 484 g/mol. The number of rotatable bonds is 4. The van der Waals surface area contributed by atoms with E-state index < -0.39 is 17.7 Å². The number of methoxy groups -OCH3 is 1. The van der Waals surface area contributed by atoms with Gasteiger partial charge in [0.2, 0.25) is 0 Å². The van der Waals surface area contributed by atoms with Crippen molar-refractivity contribution in [3.8, 4) is 5.75 Å². The number of benzene rings is 2. The molecule has 31 heavy (non-hydrogen) atoms. The summed E-state index contributed by atoms with van der Waals surface area (Å²) in [6, 6.07) is 15.8. The first-order valence-corrected chi connectivity index (χ1v) is 10.4. The Balaban J connectivity index is 1.92. The van der Waals surface area contributed by atoms with Crippen LogP contribution in [0.25, 0.3) is 5.76 Å². The average molecular weight is 500 g/mol. The average Bonchev–Trinajstić information content (AvgIpc) is 3.05. The van der Waals surface area contributed by atoms with Crippen LogP contribution >= 0.6 is 27.5 Å². The minimum Gasteiger partial charge on any atom is -0.507 e. The van der Waals surface area contributed by atoms with E-state index in [0.29, 0.717) is 27.7 Å². The van der Waals surface area contributed by atoms with Crippen LogP contribution in [-0.2, 0) is 9.59 Å². The molecule has 1 aromatic heterocycles. The molecule has 1 fully saturated rings. The van der Waals surface area contributed by atoms with E-state index in [1.165, 1.54) is 4.90 Å². The van der Waals surface area contributed by atoms with Crippen LogP contribution in [0.5, 0.6) is 5.75 Å². The van der Waals surface area contributed by atoms with E-state index in [4.69, 9.17) is 16.3 Å². The number of aliphatic hydroxyl groups excluding tert-OH is 1. The Labute approximate surface area is 191 Å². The van der Waals surface area contributed by atoms with Gasteiger partial charge < -0.3 is 9.84 Å². The van der Waals surface area contributed by atoms with Gasteiger partial charge in [0.15, 0.2) is 0 Å². The third kappa shape index (κ3) is 3.94. The summed E-state index contributed by atoms with van der Waals surface area (Å²) >= 11 is 9.27. The van der Waals surface area contributed by atoms with Crippen LogP contribution in [-0.4, -0.2) is 28.9 Å². The van der Waals surface area contributed by atoms with E-state index in [-0.39, 0.29) is 11.3 Å². The van der Waals surface area contributed by atoms with Gasteiger partial charge in [-0.1, -0.05) is 23.7 Å². The van der Waals surface area contributed by atoms with Crippen LogP contribution in [0.4, 0.5) is 5.82 Å². The molecule has 2 heterocycles. The van der Waals surface area contributed by atoms with E-state index in [0.717, 1.165) is 4.47 Å². The fourth-order valence-electron chi connectivity index (χ4n) is 3.44. The number of anilines is 1. The predicted molar refractivity (Wildman–Crippen MR) is 121 cm³/mol. The standard InChI is InChI=1S/C23H16BrClN2O4/c1-31-17-9-4-13(5-10-17)20-19(21(28)14-2-7-16(25)8-3-14)22(29)23(30)27(20)18-11-6-15(24)12-26-18/h2-12,20,28H,1H3/t20-/m1/s1. The van der Waals surface area contributed by atoms with Crippen molar-refractivity contribution in [1.29, 1.82) is 0 Å². The minimum absolute atomic E-state index is 0.0257. The smallest absolute Gasteiger partial charge is 0.301 e. The van der Waals surface area contributed by atoms with Crippen molar-refractivity contribution in [3.05, 3.63) is 93.1 Å². The zero-order valence-corrected chi connectivity index (χ0v) is 18.6. The zero-order valence-electron chi connectivity index (χ0n) is 16.3. The van der Waals surface area contributed by atoms with Crippen molar-refractivity contribution in [2.24, 2.45) is 0 Å². The number of hydrogen-bond acceptors (Lipinski definition) is 5. The number of pyridine rings is 1. The summed E-state index contributed by atoms with van der Waals surface area (Å²) in [6.07, 6.45) is 1.54. The van der Waals surface area contributed by atoms with Crippen molar-refractivity contribution in [3.63, 3.8) is 0 Å². The zero-order chi connectivity index (χ0) is 22.1. The molecule has 8 heteroatoms. The van der Waals surface area contributed by atoms with E-state index in [1.54, 1.807) is 74.0 Å². The normalized spacial score (nSPS) is 17.8. The summed E-state index contributed by atoms with van der Waals surface area (Å²) in [7, 11) is 1.55. The Hall–Kier alpha value is -3.16. The van der Waals surface area contributed by atoms with Crippen LogP contribution in [0.3, 0.4) is 0 Å². The second-order valence-electron chi connectivity index (χ2n) is 6.78. The van der Waals surface area contributed by atoms with Gasteiger partial charge in [-0.2, -0.15) is 0 Å². The minimum atomic E-state index is -0.866. The van der Waals surface area contributed by atoms with Crippen LogP contribution in [0, 0.1) is 0 Å². The second-order valence-corrected chi connectivity index (χ2v) is 8.14. The Bertz CT molecular complexity index is 1180. The molecule has 1 atom stereocenters. The lowest BCUT2D eigenvalue weighted by molar-refractivity contribution is -0.132. The third-order valence-electron chi connectivity index (χ3n) is 4.95. The molecule has 1 N–H and O–H groups in total. The lowest BCUT2D eigenvalue weighted by Crippen LogP contribution is -2.30. The quantitative estimate of drug-likeness (QED) is 0.306. The highest BCUT2D eigenvalue weighted by Gasteiger charge is 2.47. The number of ether oxygens (including phenoxy) is 1. The van der Waals surface area contributed by atoms with Crippen LogP contribution in [0.15, 0.2) is 76.9 Å². The van der Waals surface area contributed by atoms with Crippen molar-refractivity contribution in [2.75, 3.05) is 12.0 Å². The Kier molecular flexibility index (Phi) is 5.80. The van der Waals surface area contributed by atoms with Gasteiger partial charge in [-0.3, -0.25) is 14.5 Å². The van der Waals surface area contributed by atoms with E-state index in [1.807, 2.05) is 0 Å². The van der Waals surface area contributed by atoms with E-state index >= 15 is 0 Å². The van der Waals surface area contributed by atoms with Gasteiger partial charge in [-0.15, -0.1) is 0 Å². The number of carbonyl (C=O) groups excluding carboxylic acids is 2. The molecule has 4 rings (SSSR count). The number of aliphatic hydroxyl groups is 1. The molecule has 2 aromatic carbocycles. The highest BCUT2D eigenvalue weighted by Crippen LogP contribution is 2.42. The molecule has 1 amide bonds. The van der Waals surface area contributed by atoms with Gasteiger partial charge in [0.1, 0.15) is 17.3 Å². The number of hydrogen-bond donors (Lipinski definition) is 1. The molecule has 1 aliphatic rings. The van der Waals surface area contributed by atoms with Gasteiger partial charge in [-0.05, 0) is 70.0 Å². The molecule has 1 aliphatic heterocycles. The molecule has 0 radical (unpaired) electrons. The van der Waals surface area contributed by atoms with Crippen molar-refractivity contribution >= 4 is 50.8 Å². The van der Waals surface area contributed by atoms with Crippen molar-refractivity contribution in [2.45, 2.75) is 6.04 Å². The summed E-state index contributed by atoms with van der Waals surface area (Å²) in [5.41, 5.74) is 0.979. The number of ketones is 1. The van der Waals surface area contributed by atoms with Gasteiger partial charge >= 0.3 is 5.91 Å². The van der Waals surface area contributed by atoms with Crippen molar-refractivity contribution < 1.29 is 19.4 Å². The van der Waals surface area contributed by atoms with Crippen LogP contribution in [0.2, 0.25) is 5.02 Å². The maximum atomic E-state index is 13.0. The lowest BCUT2D eigenvalue weighted by atomic mass is 9.95. The summed E-state index contributed by atoms with van der Waals surface area (Å²) in [5.74, 6) is -0.930. The highest BCUT2D eigenvalue weighted by atomic mass is 79.9. The third-order valence-corrected chi connectivity index (χ3v) is 5.67. The monoisotopic (exact) mass is 498 g/mol. The van der Waals surface area contributed by atoms with Gasteiger partial charge in [0.05, 0.1) is 18.7 Å². The number of Topliss-reactive ketones (excluding diaryl/α,β-unsaturated/α-hetero) is 1. The topological polar surface area (TPSA) is 79.7 Å². The SMILES string of the molecule is COc1ccc([C@@H]2C(=C(O)c3ccc(Cl)cc3)C(=O)C(=O)N2c2ccc(Br)cn2)cc1. The number of halogens is 2. The Morgan fingerprint density at radius 3 is 2.32 bits per heavy atom. The number of carbonyl (C=O) groups is 2. The van der Waals surface area contributed by atoms with Crippen LogP contribution < -0.4 is 9.64 Å². The first-order chi connectivity index (χ1) is 14.9. The lowest BCUT2D eigenvalue weighted by Gasteiger charge is -2.24. The molecule has 0 spiro atoms. The molecule has 1 saturated heterocycles. The van der Waals surface area contributed by atoms with Crippen molar-refractivity contribution in [1.82, 2.24) is 4.98 Å². The molecular formula is C23H16BrClN2O4. The van der Waals surface area contributed by atoms with Gasteiger partial charge in [0, 0.05) is 21.3 Å². The molecule has 3 aromatic rings. The fraction of sp³-hybridized carbons (Fsp3) is 0.0870. The summed E-state index contributed by atoms with van der Waals surface area (Å²) in [4.78, 5) is 31.7. The number of aromatic nitrogens is 1. The Morgan fingerprint density at radius 1 is 1.06 bits per heavy atom. The molecule has 0 bridgehead atoms. The Morgan fingerprint density at radius 2 is 1.74 bits per heavy atom. The van der Waals surface area contributed by atoms with E-state index in [2.05, 4.69) is 20.9 Å². The maximum Gasteiger partial charge on any atom is 0.301 e. The maximum absolute atomic E-state index is 13.0. The van der Waals surface area contributed by atoms with Gasteiger partial charge in [-0.25, -0.2) is 4.98 Å². The highest BCUT2D eigenvalue weighted by molar-refractivity contribution is 9.10. The number of nitrogens with zero attached hydrogens (tertiary/aromatic N) is 2. The molecule has 0 aliphatic carbocycles. The largest absolute Gasteiger partial charge is 0.507 e. The first kappa shape index (κ1) is 21.1. The molecule has 156 valence electrons. The first-order valence-electron chi connectivity index (χ1n) is 9.23. The molecule has 0 saturated carbocycles. The predicted octanol–water partition coefficient (Wildman–Crippen LogP) is 5.13. The second kappa shape index (κ2) is 8.53. The summed E-state index contributed by atoms with van der Waals surface area (Å²) < 4.78 is 5.95. The van der Waals surface area contributed by atoms with E-state index in [9.17, 15) is 14.7 Å². The van der Waals surface area contributed by atoms with Crippen LogP contribution in [0.1, 0.15) is 17.2 Å².